The van der Waals surface area contributed by atoms with Crippen LogP contribution in [0.3, 0.4) is 0 Å². The second-order valence-electron chi connectivity index (χ2n) is 3.40. The molecule has 0 spiro atoms. The second kappa shape index (κ2) is 15.3. The Kier molecular flexibility index (Phi) is 15.7. The van der Waals surface area contributed by atoms with E-state index in [9.17, 15) is 0 Å². The number of hydrogen-bond donors (Lipinski definition) is 0. The summed E-state index contributed by atoms with van der Waals surface area (Å²) < 4.78 is 0. The molecule has 0 aliphatic rings. The molecular weight excluding hydrogens is 313 g/mol. The summed E-state index contributed by atoms with van der Waals surface area (Å²) in [5.41, 5.74) is 0.715. The fourth-order valence-corrected chi connectivity index (χ4v) is 1.15. The van der Waals surface area contributed by atoms with Crippen LogP contribution in [0.1, 0.15) is 5.56 Å². The predicted octanol–water partition coefficient (Wildman–Crippen LogP) is 4.79. The third-order valence-corrected chi connectivity index (χ3v) is 2.01. The first-order valence-electron chi connectivity index (χ1n) is 5.72. The van der Waals surface area contributed by atoms with Crippen LogP contribution in [0.15, 0.2) is 91.0 Å². The van der Waals surface area contributed by atoms with Crippen molar-refractivity contribution in [1.29, 1.82) is 5.26 Å². The molecule has 0 saturated carbocycles. The molecule has 0 unspecified atom stereocenters. The van der Waals surface area contributed by atoms with Gasteiger partial charge in [0.1, 0.15) is 0 Å². The Morgan fingerprint density at radius 1 is 0.750 bits per heavy atom. The molecule has 20 heavy (non-hydrogen) atoms. The minimum absolute atomic E-state index is 0. The Hall–Kier alpha value is -1.79. The van der Waals surface area contributed by atoms with Crippen LogP contribution in [0.5, 0.6) is 0 Å². The zero-order valence-corrected chi connectivity index (χ0v) is 12.7. The van der Waals surface area contributed by atoms with Crippen molar-refractivity contribution < 1.29 is 16.8 Å². The summed E-state index contributed by atoms with van der Waals surface area (Å²) >= 11 is 0. The number of hydrogen-bond acceptors (Lipinski definition) is 1. The maximum atomic E-state index is 8.29. The number of benzene rings is 1. The SMILES string of the molecule is Cl.N#Cc1ccccc1.[Co].[cH-]1[cH-][cH-][cH-][cH-]1.c1cc[cH-]c1. The monoisotopic (exact) mass is 328 g/mol. The van der Waals surface area contributed by atoms with E-state index in [0.717, 1.165) is 0 Å². The third kappa shape index (κ3) is 11.3. The van der Waals surface area contributed by atoms with Crippen LogP contribution >= 0.6 is 12.4 Å². The van der Waals surface area contributed by atoms with Crippen molar-refractivity contribution >= 4 is 12.4 Å². The number of nitrogens with zero attached hydrogens (tertiary/aromatic N) is 1. The summed E-state index contributed by atoms with van der Waals surface area (Å²) in [7, 11) is 0. The van der Waals surface area contributed by atoms with Gasteiger partial charge in [-0.25, -0.2) is 12.1 Å². The van der Waals surface area contributed by atoms with Gasteiger partial charge >= 0.3 is 0 Å². The van der Waals surface area contributed by atoms with E-state index >= 15 is 0 Å². The smallest absolute Gasteiger partial charge is 0.0991 e. The van der Waals surface area contributed by atoms with Crippen molar-refractivity contribution in [3.63, 3.8) is 0 Å². The van der Waals surface area contributed by atoms with Crippen molar-refractivity contribution in [2.75, 3.05) is 0 Å². The number of halogens is 1. The van der Waals surface area contributed by atoms with Gasteiger partial charge in [-0.2, -0.15) is 23.5 Å². The topological polar surface area (TPSA) is 23.8 Å². The first-order valence-corrected chi connectivity index (χ1v) is 5.72. The van der Waals surface area contributed by atoms with E-state index in [1.165, 1.54) is 0 Å². The van der Waals surface area contributed by atoms with Crippen molar-refractivity contribution in [3.05, 3.63) is 96.6 Å². The molecule has 3 aromatic rings. The number of rotatable bonds is 0. The van der Waals surface area contributed by atoms with Crippen LogP contribution < -0.4 is 0 Å². The fraction of sp³-hybridized carbons (Fsp3) is 0. The van der Waals surface area contributed by atoms with Crippen LogP contribution in [0.2, 0.25) is 0 Å². The molecule has 0 aromatic heterocycles. The fourth-order valence-electron chi connectivity index (χ4n) is 1.15. The molecule has 0 atom stereocenters. The van der Waals surface area contributed by atoms with E-state index in [1.54, 1.807) is 12.1 Å². The van der Waals surface area contributed by atoms with Crippen LogP contribution in [-0.4, -0.2) is 0 Å². The van der Waals surface area contributed by atoms with Gasteiger partial charge in [0.25, 0.3) is 0 Å². The first kappa shape index (κ1) is 20.5. The number of nitriles is 1. The summed E-state index contributed by atoms with van der Waals surface area (Å²) in [6.45, 7) is 0. The quantitative estimate of drug-likeness (QED) is 0.544. The van der Waals surface area contributed by atoms with Gasteiger partial charge in [0.05, 0.1) is 11.6 Å². The van der Waals surface area contributed by atoms with E-state index in [1.807, 2.05) is 84.9 Å². The standard InChI is InChI=1S/C7H5N.2C5H5.ClH.Co/c8-6-7-4-2-1-3-5-7;2*1-2-4-5-3-1;;/h1-5H;2*1-5H;1H;/q;-5;-1;;. The molecule has 111 valence electrons. The summed E-state index contributed by atoms with van der Waals surface area (Å²) in [6, 6.07) is 31.2. The Morgan fingerprint density at radius 2 is 1.20 bits per heavy atom. The second-order valence-corrected chi connectivity index (χ2v) is 3.40. The minimum Gasteiger partial charge on any atom is -0.748 e. The molecule has 0 aliphatic heterocycles. The van der Waals surface area contributed by atoms with Crippen molar-refractivity contribution in [2.24, 2.45) is 0 Å². The Bertz CT molecular complexity index is 449. The Morgan fingerprint density at radius 3 is 1.45 bits per heavy atom. The Labute approximate surface area is 137 Å². The largest absolute Gasteiger partial charge is 0.748 e. The van der Waals surface area contributed by atoms with Gasteiger partial charge < -0.3 is 30.3 Å². The molecular formula is C17H16ClCoN-6. The van der Waals surface area contributed by atoms with Gasteiger partial charge in [0, 0.05) is 16.8 Å². The molecule has 0 aliphatic carbocycles. The Balaban J connectivity index is 0. The molecule has 0 fully saturated rings. The average Bonchev–Trinajstić information content (AvgIpc) is 3.17. The molecule has 0 saturated heterocycles. The normalized spacial score (nSPS) is 7.15. The van der Waals surface area contributed by atoms with E-state index in [-0.39, 0.29) is 29.2 Å². The maximum Gasteiger partial charge on any atom is 0.0991 e. The maximum absolute atomic E-state index is 8.29. The van der Waals surface area contributed by atoms with Gasteiger partial charge in [-0.1, -0.05) is 18.2 Å². The molecule has 3 rings (SSSR count). The van der Waals surface area contributed by atoms with E-state index in [4.69, 9.17) is 5.26 Å². The predicted molar refractivity (Wildman–Crippen MR) is 82.5 cm³/mol. The zero-order valence-electron chi connectivity index (χ0n) is 10.8. The molecule has 1 radical (unpaired) electrons. The van der Waals surface area contributed by atoms with Crippen LogP contribution in [0, 0.1) is 11.3 Å². The van der Waals surface area contributed by atoms with E-state index in [2.05, 4.69) is 0 Å². The van der Waals surface area contributed by atoms with Gasteiger partial charge in [-0.15, -0.1) is 12.4 Å². The summed E-state index contributed by atoms with van der Waals surface area (Å²) in [4.78, 5) is 0. The minimum atomic E-state index is 0. The first-order chi connectivity index (χ1) is 8.93. The average molecular weight is 329 g/mol. The van der Waals surface area contributed by atoms with Crippen molar-refractivity contribution in [3.8, 4) is 6.07 Å². The summed E-state index contributed by atoms with van der Waals surface area (Å²) in [5, 5.41) is 8.29. The molecule has 0 heterocycles. The van der Waals surface area contributed by atoms with Crippen LogP contribution in [0.4, 0.5) is 0 Å². The van der Waals surface area contributed by atoms with Crippen LogP contribution in [-0.2, 0) is 16.8 Å². The summed E-state index contributed by atoms with van der Waals surface area (Å²) in [6.07, 6.45) is 0. The van der Waals surface area contributed by atoms with Crippen molar-refractivity contribution in [1.82, 2.24) is 0 Å². The van der Waals surface area contributed by atoms with Gasteiger partial charge in [-0.3, -0.25) is 0 Å². The summed E-state index contributed by atoms with van der Waals surface area (Å²) in [5.74, 6) is 0. The zero-order chi connectivity index (χ0) is 12.9. The third-order valence-electron chi connectivity index (χ3n) is 2.01. The molecule has 0 bridgehead atoms. The van der Waals surface area contributed by atoms with Gasteiger partial charge in [0.2, 0.25) is 0 Å². The molecule has 3 heteroatoms. The molecule has 3 aromatic carbocycles. The molecule has 0 N–H and O–H groups in total. The van der Waals surface area contributed by atoms with Gasteiger partial charge in [0.15, 0.2) is 0 Å². The van der Waals surface area contributed by atoms with E-state index in [0.29, 0.717) is 5.56 Å². The van der Waals surface area contributed by atoms with Crippen LogP contribution in [0.25, 0.3) is 0 Å². The molecule has 0 amide bonds. The van der Waals surface area contributed by atoms with Gasteiger partial charge in [-0.05, 0) is 12.1 Å². The van der Waals surface area contributed by atoms with E-state index < -0.39 is 0 Å². The molecule has 1 nitrogen and oxygen atoms in total. The van der Waals surface area contributed by atoms with Crippen molar-refractivity contribution in [2.45, 2.75) is 0 Å².